The van der Waals surface area contributed by atoms with Crippen LogP contribution >= 0.6 is 0 Å². The van der Waals surface area contributed by atoms with Gasteiger partial charge in [-0.3, -0.25) is 23.9 Å². The number of rotatable bonds is 10. The van der Waals surface area contributed by atoms with Gasteiger partial charge < -0.3 is 20.3 Å². The van der Waals surface area contributed by atoms with E-state index in [0.29, 0.717) is 23.5 Å². The Morgan fingerprint density at radius 3 is 2.43 bits per heavy atom. The zero-order chi connectivity index (χ0) is 33.6. The van der Waals surface area contributed by atoms with Gasteiger partial charge in [-0.15, -0.1) is 0 Å². The Morgan fingerprint density at radius 1 is 0.918 bits per heavy atom. The van der Waals surface area contributed by atoms with Crippen molar-refractivity contribution in [2.45, 2.75) is 50.3 Å². The molecule has 2 aliphatic heterocycles. The molecule has 3 aliphatic rings. The third kappa shape index (κ3) is 6.10. The maximum Gasteiger partial charge on any atom is 0.270 e. The van der Waals surface area contributed by atoms with Gasteiger partial charge in [-0.25, -0.2) is 0 Å². The van der Waals surface area contributed by atoms with E-state index in [4.69, 9.17) is 4.74 Å². The highest BCUT2D eigenvalue weighted by molar-refractivity contribution is 6.01. The first kappa shape index (κ1) is 31.0. The molecular weight excluding hydrogens is 616 g/mol. The van der Waals surface area contributed by atoms with E-state index in [1.165, 1.54) is 4.68 Å². The zero-order valence-electron chi connectivity index (χ0n) is 27.9. The number of pyridine rings is 1. The number of anilines is 2. The lowest BCUT2D eigenvalue weighted by Gasteiger charge is -2.29. The van der Waals surface area contributed by atoms with E-state index < -0.39 is 6.04 Å². The molecule has 2 saturated heterocycles. The van der Waals surface area contributed by atoms with Crippen molar-refractivity contribution in [3.63, 3.8) is 0 Å². The fourth-order valence-corrected chi connectivity index (χ4v) is 7.60. The van der Waals surface area contributed by atoms with Crippen molar-refractivity contribution in [2.75, 3.05) is 23.4 Å². The van der Waals surface area contributed by atoms with Crippen LogP contribution in [0.5, 0.6) is 0 Å². The minimum atomic E-state index is -0.825. The van der Waals surface area contributed by atoms with Crippen LogP contribution < -0.4 is 15.5 Å². The lowest BCUT2D eigenvalue weighted by Crippen LogP contribution is -2.48. The molecule has 250 valence electrons. The first-order chi connectivity index (χ1) is 23.8. The van der Waals surface area contributed by atoms with Crippen molar-refractivity contribution in [1.82, 2.24) is 29.9 Å². The number of hydrogen-bond acceptors (Lipinski definition) is 7. The third-order valence-corrected chi connectivity index (χ3v) is 10.2. The Morgan fingerprint density at radius 2 is 1.76 bits per heavy atom. The summed E-state index contributed by atoms with van der Waals surface area (Å²) < 4.78 is 9.19. The van der Waals surface area contributed by atoms with E-state index in [1.807, 2.05) is 67.6 Å². The highest BCUT2D eigenvalue weighted by Crippen LogP contribution is 2.46. The molecule has 2 aromatic carbocycles. The smallest absolute Gasteiger partial charge is 0.270 e. The van der Waals surface area contributed by atoms with Gasteiger partial charge in [0.2, 0.25) is 5.91 Å². The molecule has 49 heavy (non-hydrogen) atoms. The van der Waals surface area contributed by atoms with Crippen molar-refractivity contribution in [2.24, 2.45) is 20.0 Å². The Kier molecular flexibility index (Phi) is 7.99. The van der Waals surface area contributed by atoms with Crippen molar-refractivity contribution >= 4 is 23.2 Å². The van der Waals surface area contributed by atoms with E-state index in [-0.39, 0.29) is 23.7 Å². The molecule has 8 rings (SSSR count). The topological polar surface area (TPSA) is 119 Å². The molecule has 0 radical (unpaired) electrons. The molecule has 2 N–H and O–H groups in total. The SMILES string of the molecule is Cc1cnn(C)c1-c1ccc(NC(=O)[C@@H](NC(=O)c2ccnn2C)C(c2cccc(-c3cncc(N4C[C@@H]5C[C@H]4CO5)c3)c2)C2CC2)cc1. The normalized spacial score (nSPS) is 19.5. The van der Waals surface area contributed by atoms with E-state index in [1.54, 1.807) is 19.3 Å². The Hall–Kier alpha value is -5.29. The fourth-order valence-electron chi connectivity index (χ4n) is 7.60. The maximum atomic E-state index is 14.3. The number of morpholine rings is 1. The number of benzene rings is 2. The van der Waals surface area contributed by atoms with Gasteiger partial charge in [-0.1, -0.05) is 36.4 Å². The molecule has 11 heteroatoms. The summed E-state index contributed by atoms with van der Waals surface area (Å²) in [5.74, 6) is -0.601. The fraction of sp³-hybridized carbons (Fsp3) is 0.342. The Labute approximate surface area is 285 Å². The second kappa shape index (κ2) is 12.6. The van der Waals surface area contributed by atoms with E-state index in [2.05, 4.69) is 55.0 Å². The first-order valence-corrected chi connectivity index (χ1v) is 16.9. The van der Waals surface area contributed by atoms with Crippen LogP contribution in [0, 0.1) is 12.8 Å². The summed E-state index contributed by atoms with van der Waals surface area (Å²) in [6.07, 6.45) is 10.6. The number of carbonyl (C=O) groups excluding carboxylic acids is 2. The predicted molar refractivity (Wildman–Crippen MR) is 187 cm³/mol. The number of amides is 2. The van der Waals surface area contributed by atoms with Crippen LogP contribution in [0.1, 0.15) is 46.8 Å². The van der Waals surface area contributed by atoms with E-state index in [0.717, 1.165) is 71.6 Å². The summed E-state index contributed by atoms with van der Waals surface area (Å²) in [6, 6.07) is 19.5. The van der Waals surface area contributed by atoms with E-state index >= 15 is 0 Å². The van der Waals surface area contributed by atoms with Gasteiger partial charge in [0, 0.05) is 55.8 Å². The van der Waals surface area contributed by atoms with Gasteiger partial charge in [0.15, 0.2) is 0 Å². The van der Waals surface area contributed by atoms with Crippen LogP contribution in [-0.4, -0.2) is 67.7 Å². The molecule has 1 saturated carbocycles. The van der Waals surface area contributed by atoms with Crippen LogP contribution in [-0.2, 0) is 23.6 Å². The summed E-state index contributed by atoms with van der Waals surface area (Å²) in [5, 5.41) is 14.8. The van der Waals surface area contributed by atoms with Crippen molar-refractivity contribution in [3.05, 3.63) is 102 Å². The van der Waals surface area contributed by atoms with Crippen LogP contribution in [0.15, 0.2) is 85.5 Å². The maximum absolute atomic E-state index is 14.3. The summed E-state index contributed by atoms with van der Waals surface area (Å²) >= 11 is 0. The van der Waals surface area contributed by atoms with Crippen LogP contribution in [0.2, 0.25) is 0 Å². The van der Waals surface area contributed by atoms with Crippen molar-refractivity contribution in [3.8, 4) is 22.4 Å². The second-order valence-corrected chi connectivity index (χ2v) is 13.6. The number of carbonyl (C=O) groups is 2. The molecule has 5 aromatic rings. The number of hydrogen-bond donors (Lipinski definition) is 2. The van der Waals surface area contributed by atoms with E-state index in [9.17, 15) is 9.59 Å². The van der Waals surface area contributed by atoms with Gasteiger partial charge in [-0.2, -0.15) is 10.2 Å². The Bertz CT molecular complexity index is 1990. The number of aryl methyl sites for hydroxylation is 3. The molecule has 1 aliphatic carbocycles. The molecule has 2 bridgehead atoms. The largest absolute Gasteiger partial charge is 0.374 e. The van der Waals surface area contributed by atoms with Gasteiger partial charge in [0.1, 0.15) is 11.7 Å². The van der Waals surface area contributed by atoms with Gasteiger partial charge in [0.25, 0.3) is 5.91 Å². The third-order valence-electron chi connectivity index (χ3n) is 10.2. The van der Waals surface area contributed by atoms with Crippen molar-refractivity contribution in [1.29, 1.82) is 0 Å². The summed E-state index contributed by atoms with van der Waals surface area (Å²) in [7, 11) is 3.64. The molecule has 5 heterocycles. The standard InChI is InChI=1S/C38H40N8O3/c1-23-18-41-45(3)36(23)25-9-11-29(12-10-25)42-38(48)35(43-37(47)33-13-14-40-44(33)2)34(24-7-8-24)27-6-4-5-26(15-27)28-16-30(20-39-19-28)46-21-32-17-31(46)22-49-32/h4-6,9-16,18-20,24,31-32,34-35H,7-8,17,21-22H2,1-3H3,(H,42,48)(H,43,47)/t31-,32-,34?,35-/m0/s1. The van der Waals surface area contributed by atoms with Crippen molar-refractivity contribution < 1.29 is 14.3 Å². The highest BCUT2D eigenvalue weighted by atomic mass is 16.5. The average Bonchev–Trinajstić information content (AvgIpc) is 3.39. The molecule has 0 spiro atoms. The lowest BCUT2D eigenvalue weighted by atomic mass is 9.85. The van der Waals surface area contributed by atoms with Gasteiger partial charge in [-0.05, 0) is 73.1 Å². The number of fused-ring (bicyclic) bond motifs is 2. The van der Waals surface area contributed by atoms with Crippen LogP contribution in [0.25, 0.3) is 22.4 Å². The monoisotopic (exact) mass is 656 g/mol. The molecule has 3 aromatic heterocycles. The minimum absolute atomic E-state index is 0.240. The number of ether oxygens (including phenoxy) is 1. The van der Waals surface area contributed by atoms with Crippen LogP contribution in [0.4, 0.5) is 11.4 Å². The molecule has 11 nitrogen and oxygen atoms in total. The molecule has 1 unspecified atom stereocenters. The number of nitrogens with one attached hydrogen (secondary N) is 2. The molecule has 3 fully saturated rings. The van der Waals surface area contributed by atoms with Gasteiger partial charge in [0.05, 0.1) is 42.5 Å². The molecule has 4 atom stereocenters. The summed E-state index contributed by atoms with van der Waals surface area (Å²) in [5.41, 5.74) is 8.30. The Balaban J connectivity index is 1.10. The first-order valence-electron chi connectivity index (χ1n) is 16.9. The quantitative estimate of drug-likeness (QED) is 0.215. The predicted octanol–water partition coefficient (Wildman–Crippen LogP) is 5.10. The second-order valence-electron chi connectivity index (χ2n) is 13.6. The number of nitrogens with zero attached hydrogens (tertiary/aromatic N) is 6. The lowest BCUT2D eigenvalue weighted by molar-refractivity contribution is -0.118. The molecule has 2 amide bonds. The zero-order valence-corrected chi connectivity index (χ0v) is 27.9. The summed E-state index contributed by atoms with van der Waals surface area (Å²) in [4.78, 5) is 34.9. The molecular formula is C38H40N8O3. The highest BCUT2D eigenvalue weighted by Gasteiger charge is 2.42. The summed E-state index contributed by atoms with van der Waals surface area (Å²) in [6.45, 7) is 3.67. The number of aromatic nitrogens is 5. The van der Waals surface area contributed by atoms with Gasteiger partial charge >= 0.3 is 0 Å². The van der Waals surface area contributed by atoms with Crippen LogP contribution in [0.3, 0.4) is 0 Å². The minimum Gasteiger partial charge on any atom is -0.374 e. The average molecular weight is 657 g/mol.